The molecule has 9 nitrogen and oxygen atoms in total. The third kappa shape index (κ3) is 4.55. The third-order valence-electron chi connectivity index (χ3n) is 3.96. The average molecular weight is 433 g/mol. The minimum absolute atomic E-state index is 0.0691. The van der Waals surface area contributed by atoms with Crippen molar-refractivity contribution >= 4 is 44.2 Å². The molecule has 1 aromatic heterocycles. The number of hydrogen-bond donors (Lipinski definition) is 2. The first-order valence-electron chi connectivity index (χ1n) is 7.97. The van der Waals surface area contributed by atoms with E-state index in [0.717, 1.165) is 11.5 Å². The zero-order valence-corrected chi connectivity index (χ0v) is 16.6. The van der Waals surface area contributed by atoms with Crippen LogP contribution in [-0.4, -0.2) is 59.7 Å². The largest absolute Gasteiger partial charge is 0.361 e. The number of halogens is 1. The molecular formula is C15H17ClN4O5S2. The molecule has 2 aromatic rings. The number of aromatic nitrogens is 2. The predicted molar refractivity (Wildman–Crippen MR) is 99.1 cm³/mol. The molecule has 1 amide bonds. The van der Waals surface area contributed by atoms with Gasteiger partial charge in [0.05, 0.1) is 11.5 Å². The lowest BCUT2D eigenvalue weighted by Crippen LogP contribution is -2.48. The van der Waals surface area contributed by atoms with Gasteiger partial charge in [-0.1, -0.05) is 17.7 Å². The number of carbonyl (C=O) groups excluding carboxylic acids is 1. The lowest BCUT2D eigenvalue weighted by molar-refractivity contribution is -0.183. The fourth-order valence-electron chi connectivity index (χ4n) is 2.51. The monoisotopic (exact) mass is 432 g/mol. The summed E-state index contributed by atoms with van der Waals surface area (Å²) in [5.41, 5.74) is 0.445. The molecule has 1 unspecified atom stereocenters. The summed E-state index contributed by atoms with van der Waals surface area (Å²) in [5.74, 6) is -0.108. The molecule has 1 atom stereocenters. The Morgan fingerprint density at radius 2 is 2.26 bits per heavy atom. The van der Waals surface area contributed by atoms with Gasteiger partial charge in [0.25, 0.3) is 15.9 Å². The lowest BCUT2D eigenvalue weighted by atomic mass is 10.2. The van der Waals surface area contributed by atoms with E-state index in [-0.39, 0.29) is 16.6 Å². The molecule has 1 saturated heterocycles. The molecule has 1 aromatic carbocycles. The number of sulfonamides is 1. The van der Waals surface area contributed by atoms with Gasteiger partial charge in [0.15, 0.2) is 0 Å². The van der Waals surface area contributed by atoms with E-state index in [9.17, 15) is 18.3 Å². The molecule has 3 rings (SSSR count). The molecule has 1 aliphatic rings. The molecule has 0 bridgehead atoms. The molecule has 0 saturated carbocycles. The van der Waals surface area contributed by atoms with Crippen molar-refractivity contribution < 1.29 is 23.1 Å². The number of aliphatic hydroxyl groups excluding tert-OH is 1. The van der Waals surface area contributed by atoms with Crippen LogP contribution in [-0.2, 0) is 26.0 Å². The molecule has 2 N–H and O–H groups in total. The van der Waals surface area contributed by atoms with Crippen LogP contribution < -0.4 is 4.72 Å². The standard InChI is InChI=1S/C15H17ClN4O5S2/c1-9-10(16)3-2-4-11(9)27(23,24)19-15-17-12(18-26-15)5-6-20-7-8-25-14(22)13(20)21/h2-4,14,22H,5-8H2,1H3,(H,17,18,19). The highest BCUT2D eigenvalue weighted by Gasteiger charge is 2.27. The van der Waals surface area contributed by atoms with Crippen LogP contribution in [0.1, 0.15) is 11.4 Å². The molecule has 2 heterocycles. The second kappa shape index (κ2) is 8.07. The second-order valence-electron chi connectivity index (χ2n) is 5.78. The summed E-state index contributed by atoms with van der Waals surface area (Å²) in [6.07, 6.45) is -1.11. The first kappa shape index (κ1) is 20.0. The summed E-state index contributed by atoms with van der Waals surface area (Å²) in [7, 11) is -3.85. The number of rotatable bonds is 6. The maximum absolute atomic E-state index is 12.5. The van der Waals surface area contributed by atoms with E-state index in [1.54, 1.807) is 19.1 Å². The third-order valence-corrected chi connectivity index (χ3v) is 6.65. The highest BCUT2D eigenvalue weighted by Crippen LogP contribution is 2.25. The Morgan fingerprint density at radius 3 is 3.04 bits per heavy atom. The van der Waals surface area contributed by atoms with Crippen LogP contribution in [0.2, 0.25) is 5.02 Å². The molecule has 27 heavy (non-hydrogen) atoms. The Kier molecular flexibility index (Phi) is 5.96. The van der Waals surface area contributed by atoms with E-state index >= 15 is 0 Å². The Balaban J connectivity index is 1.65. The molecule has 146 valence electrons. The van der Waals surface area contributed by atoms with Crippen molar-refractivity contribution in [3.05, 3.63) is 34.6 Å². The van der Waals surface area contributed by atoms with Gasteiger partial charge in [-0.3, -0.25) is 9.52 Å². The topological polar surface area (TPSA) is 122 Å². The van der Waals surface area contributed by atoms with Crippen molar-refractivity contribution in [2.75, 3.05) is 24.4 Å². The summed E-state index contributed by atoms with van der Waals surface area (Å²) in [6, 6.07) is 4.63. The highest BCUT2D eigenvalue weighted by atomic mass is 35.5. The van der Waals surface area contributed by atoms with Crippen molar-refractivity contribution in [1.82, 2.24) is 14.3 Å². The fraction of sp³-hybridized carbons (Fsp3) is 0.400. The fourth-order valence-corrected chi connectivity index (χ4v) is 4.85. The Morgan fingerprint density at radius 1 is 1.48 bits per heavy atom. The number of anilines is 1. The SMILES string of the molecule is Cc1c(Cl)cccc1S(=O)(=O)Nc1nc(CCN2CCOC(O)C2=O)ns1. The van der Waals surface area contributed by atoms with Gasteiger partial charge in [-0.15, -0.1) is 0 Å². The number of ether oxygens (including phenoxy) is 1. The smallest absolute Gasteiger partial charge is 0.279 e. The Labute approximate surface area is 165 Å². The highest BCUT2D eigenvalue weighted by molar-refractivity contribution is 7.93. The van der Waals surface area contributed by atoms with Gasteiger partial charge >= 0.3 is 0 Å². The van der Waals surface area contributed by atoms with Gasteiger partial charge in [0, 0.05) is 36.1 Å². The van der Waals surface area contributed by atoms with Crippen molar-refractivity contribution in [2.24, 2.45) is 0 Å². The van der Waals surface area contributed by atoms with Gasteiger partial charge in [-0.2, -0.15) is 4.37 Å². The number of benzene rings is 1. The van der Waals surface area contributed by atoms with E-state index in [1.165, 1.54) is 11.0 Å². The molecule has 0 radical (unpaired) electrons. The maximum atomic E-state index is 12.5. The van der Waals surface area contributed by atoms with Gasteiger partial charge in [0.1, 0.15) is 5.82 Å². The summed E-state index contributed by atoms with van der Waals surface area (Å²) in [4.78, 5) is 17.4. The molecular weight excluding hydrogens is 416 g/mol. The summed E-state index contributed by atoms with van der Waals surface area (Å²) < 4.78 is 36.4. The number of nitrogens with one attached hydrogen (secondary N) is 1. The van der Waals surface area contributed by atoms with Gasteiger partial charge < -0.3 is 14.7 Å². The number of amides is 1. The quantitative estimate of drug-likeness (QED) is 0.698. The molecule has 1 aliphatic heterocycles. The number of nitrogens with zero attached hydrogens (tertiary/aromatic N) is 3. The minimum Gasteiger partial charge on any atom is -0.361 e. The van der Waals surface area contributed by atoms with Crippen LogP contribution in [0.25, 0.3) is 0 Å². The van der Waals surface area contributed by atoms with E-state index in [2.05, 4.69) is 14.1 Å². The van der Waals surface area contributed by atoms with Crippen LogP contribution in [0.15, 0.2) is 23.1 Å². The Hall–Kier alpha value is -1.79. The summed E-state index contributed by atoms with van der Waals surface area (Å²) >= 11 is 6.89. The number of hydrogen-bond acceptors (Lipinski definition) is 8. The van der Waals surface area contributed by atoms with Crippen molar-refractivity contribution in [2.45, 2.75) is 24.5 Å². The number of carbonyl (C=O) groups is 1. The zero-order chi connectivity index (χ0) is 19.6. The maximum Gasteiger partial charge on any atom is 0.279 e. The number of morpholine rings is 1. The summed E-state index contributed by atoms with van der Waals surface area (Å²) in [6.45, 7) is 2.54. The molecule has 0 aliphatic carbocycles. The van der Waals surface area contributed by atoms with Crippen molar-refractivity contribution in [1.29, 1.82) is 0 Å². The van der Waals surface area contributed by atoms with Crippen molar-refractivity contribution in [3.63, 3.8) is 0 Å². The lowest BCUT2D eigenvalue weighted by Gasteiger charge is -2.29. The van der Waals surface area contributed by atoms with Crippen LogP contribution >= 0.6 is 23.1 Å². The van der Waals surface area contributed by atoms with E-state index < -0.39 is 22.2 Å². The molecule has 12 heteroatoms. The molecule has 1 fully saturated rings. The normalized spacial score (nSPS) is 18.0. The van der Waals surface area contributed by atoms with Gasteiger partial charge in [-0.25, -0.2) is 13.4 Å². The summed E-state index contributed by atoms with van der Waals surface area (Å²) in [5, 5.41) is 9.88. The van der Waals surface area contributed by atoms with Gasteiger partial charge in [-0.05, 0) is 24.6 Å². The average Bonchev–Trinajstić information content (AvgIpc) is 3.05. The van der Waals surface area contributed by atoms with Gasteiger partial charge in [0.2, 0.25) is 11.4 Å². The first-order valence-corrected chi connectivity index (χ1v) is 10.6. The zero-order valence-electron chi connectivity index (χ0n) is 14.3. The molecule has 0 spiro atoms. The van der Waals surface area contributed by atoms with Crippen molar-refractivity contribution in [3.8, 4) is 0 Å². The van der Waals surface area contributed by atoms with Crippen LogP contribution in [0.5, 0.6) is 0 Å². The van der Waals surface area contributed by atoms with Crippen LogP contribution in [0.4, 0.5) is 5.13 Å². The van der Waals surface area contributed by atoms with Crippen LogP contribution in [0.3, 0.4) is 0 Å². The van der Waals surface area contributed by atoms with E-state index in [0.29, 0.717) is 35.9 Å². The second-order valence-corrected chi connectivity index (χ2v) is 8.59. The van der Waals surface area contributed by atoms with E-state index in [4.69, 9.17) is 16.3 Å². The number of aliphatic hydroxyl groups is 1. The van der Waals surface area contributed by atoms with E-state index in [1.807, 2.05) is 0 Å². The first-order chi connectivity index (χ1) is 12.8. The Bertz CT molecular complexity index is 949. The minimum atomic E-state index is -3.85. The predicted octanol–water partition coefficient (Wildman–Crippen LogP) is 1.02. The van der Waals surface area contributed by atoms with Crippen LogP contribution in [0, 0.1) is 6.92 Å².